The zero-order chi connectivity index (χ0) is 13.5. The predicted octanol–water partition coefficient (Wildman–Crippen LogP) is 2.76. The molecule has 0 amide bonds. The van der Waals surface area contributed by atoms with Crippen LogP contribution < -0.4 is 5.32 Å². The van der Waals surface area contributed by atoms with Crippen LogP contribution in [0.3, 0.4) is 0 Å². The molecule has 0 fully saturated rings. The first-order valence-electron chi connectivity index (χ1n) is 6.28. The van der Waals surface area contributed by atoms with Crippen molar-refractivity contribution >= 4 is 11.3 Å². The molecule has 102 valence electrons. The van der Waals surface area contributed by atoms with Crippen molar-refractivity contribution in [2.45, 2.75) is 12.1 Å². The lowest BCUT2D eigenvalue weighted by atomic mass is 10.1. The third kappa shape index (κ3) is 4.14. The monoisotopic (exact) mass is 277 g/mol. The number of hydrogen-bond acceptors (Lipinski definition) is 4. The number of rotatable bonds is 7. The molecule has 0 radical (unpaired) electrons. The Labute approximate surface area is 117 Å². The molecular weight excluding hydrogens is 258 g/mol. The second-order valence-corrected chi connectivity index (χ2v) is 5.18. The first-order chi connectivity index (χ1) is 9.31. The summed E-state index contributed by atoms with van der Waals surface area (Å²) in [5.41, 5.74) is 2.13. The van der Waals surface area contributed by atoms with E-state index in [0.29, 0.717) is 13.2 Å². The molecule has 0 aliphatic rings. The standard InChI is InChI=1S/C15H19NO2S/c1-18-10-14(12-5-3-2-4-6-12)16-9-15(17)13-7-8-19-11-13/h2-8,11,14-17H,9-10H2,1H3. The van der Waals surface area contributed by atoms with E-state index >= 15 is 0 Å². The molecule has 4 heteroatoms. The summed E-state index contributed by atoms with van der Waals surface area (Å²) in [4.78, 5) is 0. The van der Waals surface area contributed by atoms with Crippen LogP contribution in [-0.4, -0.2) is 25.4 Å². The van der Waals surface area contributed by atoms with E-state index in [1.54, 1.807) is 18.4 Å². The average Bonchev–Trinajstić information content (AvgIpc) is 2.98. The number of aliphatic hydroxyl groups excluding tert-OH is 1. The first-order valence-corrected chi connectivity index (χ1v) is 7.23. The zero-order valence-corrected chi connectivity index (χ0v) is 11.8. The van der Waals surface area contributed by atoms with E-state index in [2.05, 4.69) is 17.4 Å². The van der Waals surface area contributed by atoms with Crippen LogP contribution in [0.5, 0.6) is 0 Å². The minimum absolute atomic E-state index is 0.0967. The molecule has 2 N–H and O–H groups in total. The Hall–Kier alpha value is -1.20. The number of nitrogens with one attached hydrogen (secondary N) is 1. The smallest absolute Gasteiger partial charge is 0.0922 e. The summed E-state index contributed by atoms with van der Waals surface area (Å²) >= 11 is 1.60. The molecule has 0 bridgehead atoms. The Bertz CT molecular complexity index is 458. The summed E-state index contributed by atoms with van der Waals surface area (Å²) in [6.07, 6.45) is -0.477. The van der Waals surface area contributed by atoms with Gasteiger partial charge in [-0.25, -0.2) is 0 Å². The van der Waals surface area contributed by atoms with Gasteiger partial charge in [0.05, 0.1) is 18.8 Å². The molecular formula is C15H19NO2S. The van der Waals surface area contributed by atoms with Gasteiger partial charge in [-0.05, 0) is 28.0 Å². The summed E-state index contributed by atoms with van der Waals surface area (Å²) < 4.78 is 5.24. The number of hydrogen-bond donors (Lipinski definition) is 2. The molecule has 2 aromatic rings. The number of thiophene rings is 1. The topological polar surface area (TPSA) is 41.5 Å². The lowest BCUT2D eigenvalue weighted by molar-refractivity contribution is 0.139. The van der Waals surface area contributed by atoms with Gasteiger partial charge >= 0.3 is 0 Å². The van der Waals surface area contributed by atoms with E-state index in [0.717, 1.165) is 5.56 Å². The van der Waals surface area contributed by atoms with Crippen LogP contribution in [0.15, 0.2) is 47.2 Å². The Morgan fingerprint density at radius 1 is 1.21 bits per heavy atom. The van der Waals surface area contributed by atoms with Crippen LogP contribution in [0, 0.1) is 0 Å². The number of methoxy groups -OCH3 is 1. The predicted molar refractivity (Wildman–Crippen MR) is 78.3 cm³/mol. The molecule has 1 heterocycles. The molecule has 0 aliphatic carbocycles. The SMILES string of the molecule is COCC(NCC(O)c1ccsc1)c1ccccc1. The third-order valence-electron chi connectivity index (χ3n) is 3.02. The van der Waals surface area contributed by atoms with Gasteiger partial charge in [-0.3, -0.25) is 0 Å². The van der Waals surface area contributed by atoms with E-state index in [4.69, 9.17) is 4.74 Å². The largest absolute Gasteiger partial charge is 0.387 e. The van der Waals surface area contributed by atoms with Gasteiger partial charge in [0, 0.05) is 13.7 Å². The highest BCUT2D eigenvalue weighted by molar-refractivity contribution is 7.07. The van der Waals surface area contributed by atoms with Crippen LogP contribution in [0.4, 0.5) is 0 Å². The molecule has 1 aromatic carbocycles. The lowest BCUT2D eigenvalue weighted by Crippen LogP contribution is -2.29. The van der Waals surface area contributed by atoms with Gasteiger partial charge in [-0.2, -0.15) is 11.3 Å². The maximum Gasteiger partial charge on any atom is 0.0922 e. The van der Waals surface area contributed by atoms with Crippen molar-refractivity contribution in [1.82, 2.24) is 5.32 Å². The molecule has 0 saturated carbocycles. The maximum atomic E-state index is 10.1. The fraction of sp³-hybridized carbons (Fsp3) is 0.333. The van der Waals surface area contributed by atoms with E-state index in [9.17, 15) is 5.11 Å². The summed E-state index contributed by atoms with van der Waals surface area (Å²) in [7, 11) is 1.69. The van der Waals surface area contributed by atoms with Crippen molar-refractivity contribution in [2.24, 2.45) is 0 Å². The fourth-order valence-corrected chi connectivity index (χ4v) is 2.67. The highest BCUT2D eigenvalue weighted by Crippen LogP contribution is 2.18. The summed E-state index contributed by atoms with van der Waals surface area (Å²) in [6, 6.07) is 12.2. The van der Waals surface area contributed by atoms with Gasteiger partial charge in [0.25, 0.3) is 0 Å². The second-order valence-electron chi connectivity index (χ2n) is 4.40. The van der Waals surface area contributed by atoms with Crippen molar-refractivity contribution in [3.05, 3.63) is 58.3 Å². The molecule has 0 spiro atoms. The number of aliphatic hydroxyl groups is 1. The summed E-state index contributed by atoms with van der Waals surface area (Å²) in [6.45, 7) is 1.10. The minimum Gasteiger partial charge on any atom is -0.387 e. The van der Waals surface area contributed by atoms with Gasteiger partial charge in [0.15, 0.2) is 0 Å². The Balaban J connectivity index is 1.94. The molecule has 2 rings (SSSR count). The van der Waals surface area contributed by atoms with E-state index in [1.807, 2.05) is 35.0 Å². The van der Waals surface area contributed by atoms with Crippen LogP contribution in [0.25, 0.3) is 0 Å². The lowest BCUT2D eigenvalue weighted by Gasteiger charge is -2.20. The zero-order valence-electron chi connectivity index (χ0n) is 11.0. The molecule has 2 atom stereocenters. The van der Waals surface area contributed by atoms with Crippen molar-refractivity contribution in [2.75, 3.05) is 20.3 Å². The number of benzene rings is 1. The molecule has 3 nitrogen and oxygen atoms in total. The fourth-order valence-electron chi connectivity index (χ4n) is 1.96. The van der Waals surface area contributed by atoms with Crippen LogP contribution in [-0.2, 0) is 4.74 Å². The minimum atomic E-state index is -0.477. The second kappa shape index (κ2) is 7.40. The molecule has 2 unspecified atom stereocenters. The van der Waals surface area contributed by atoms with E-state index in [-0.39, 0.29) is 6.04 Å². The van der Waals surface area contributed by atoms with Gasteiger partial charge < -0.3 is 15.2 Å². The maximum absolute atomic E-state index is 10.1. The van der Waals surface area contributed by atoms with Crippen molar-refractivity contribution in [1.29, 1.82) is 0 Å². The normalized spacial score (nSPS) is 14.2. The molecule has 0 saturated heterocycles. The Morgan fingerprint density at radius 2 is 2.00 bits per heavy atom. The first kappa shape index (κ1) is 14.2. The van der Waals surface area contributed by atoms with Gasteiger partial charge in [0.2, 0.25) is 0 Å². The van der Waals surface area contributed by atoms with Crippen LogP contribution >= 0.6 is 11.3 Å². The van der Waals surface area contributed by atoms with Crippen LogP contribution in [0.2, 0.25) is 0 Å². The summed E-state index contributed by atoms with van der Waals surface area (Å²) in [5, 5.41) is 17.4. The van der Waals surface area contributed by atoms with Crippen molar-refractivity contribution in [3.63, 3.8) is 0 Å². The van der Waals surface area contributed by atoms with E-state index in [1.165, 1.54) is 5.56 Å². The Morgan fingerprint density at radius 3 is 2.63 bits per heavy atom. The van der Waals surface area contributed by atoms with Crippen molar-refractivity contribution in [3.8, 4) is 0 Å². The summed E-state index contributed by atoms with van der Waals surface area (Å²) in [5.74, 6) is 0. The number of ether oxygens (including phenoxy) is 1. The third-order valence-corrected chi connectivity index (χ3v) is 3.72. The highest BCUT2D eigenvalue weighted by atomic mass is 32.1. The van der Waals surface area contributed by atoms with Gasteiger partial charge in [-0.1, -0.05) is 30.3 Å². The van der Waals surface area contributed by atoms with Crippen LogP contribution in [0.1, 0.15) is 23.3 Å². The Kier molecular flexibility index (Phi) is 5.54. The van der Waals surface area contributed by atoms with Gasteiger partial charge in [-0.15, -0.1) is 0 Å². The molecule has 1 aromatic heterocycles. The molecule has 0 aliphatic heterocycles. The highest BCUT2D eigenvalue weighted by Gasteiger charge is 2.14. The van der Waals surface area contributed by atoms with Gasteiger partial charge in [0.1, 0.15) is 0 Å². The van der Waals surface area contributed by atoms with E-state index < -0.39 is 6.10 Å². The van der Waals surface area contributed by atoms with Crippen molar-refractivity contribution < 1.29 is 9.84 Å². The average molecular weight is 277 g/mol. The molecule has 19 heavy (non-hydrogen) atoms. The quantitative estimate of drug-likeness (QED) is 0.817.